The van der Waals surface area contributed by atoms with E-state index in [1.807, 2.05) is 57.2 Å². The molecule has 0 amide bonds. The molecule has 36 heavy (non-hydrogen) atoms. The van der Waals surface area contributed by atoms with E-state index in [4.69, 9.17) is 20.4 Å². The molecule has 0 radical (unpaired) electrons. The van der Waals surface area contributed by atoms with E-state index in [9.17, 15) is 0 Å². The molecule has 3 aromatic heterocycles. The number of pyridine rings is 2. The Balaban J connectivity index is 1.62. The number of para-hydroxylation sites is 1. The van der Waals surface area contributed by atoms with Crippen LogP contribution in [0.15, 0.2) is 77.3 Å². The highest BCUT2D eigenvalue weighted by Gasteiger charge is 2.18. The molecule has 0 fully saturated rings. The van der Waals surface area contributed by atoms with E-state index in [1.165, 1.54) is 6.20 Å². The van der Waals surface area contributed by atoms with Gasteiger partial charge in [-0.1, -0.05) is 51.1 Å². The molecule has 0 aliphatic rings. The van der Waals surface area contributed by atoms with Gasteiger partial charge in [-0.3, -0.25) is 9.97 Å². The summed E-state index contributed by atoms with van der Waals surface area (Å²) in [6.45, 7) is -0.184. The molecule has 0 N–H and O–H groups in total. The summed E-state index contributed by atoms with van der Waals surface area (Å²) in [5.41, 5.74) is 4.08. The second kappa shape index (κ2) is 8.03. The number of fused-ring (bicyclic) bond motifs is 4. The van der Waals surface area contributed by atoms with E-state index in [0.717, 1.165) is 16.5 Å². The molecule has 6 aromatic rings. The zero-order valence-corrected chi connectivity index (χ0v) is 20.3. The van der Waals surface area contributed by atoms with Crippen LogP contribution in [0, 0.1) is 20.6 Å². The third-order valence-electron chi connectivity index (χ3n) is 6.59. The fraction of sp³-hybridized carbons (Fsp3) is 0.212. The topological polar surface area (TPSA) is 38.9 Å². The Labute approximate surface area is 223 Å². The predicted molar refractivity (Wildman–Crippen MR) is 151 cm³/mol. The van der Waals surface area contributed by atoms with Crippen LogP contribution in [0.1, 0.15) is 54.1 Å². The maximum Gasteiger partial charge on any atom is 0.144 e. The van der Waals surface area contributed by atoms with Gasteiger partial charge < -0.3 is 4.42 Å². The molecule has 3 nitrogen and oxygen atoms in total. The third kappa shape index (κ3) is 3.67. The molecular formula is C33H30N2O. The minimum atomic E-state index is -2.57. The fourth-order valence-electron chi connectivity index (χ4n) is 4.65. The molecule has 0 bridgehead atoms. The summed E-state index contributed by atoms with van der Waals surface area (Å²) in [6.07, 6.45) is 1.29. The number of benzene rings is 3. The highest BCUT2D eigenvalue weighted by atomic mass is 16.3. The molecule has 0 aliphatic heterocycles. The largest absolute Gasteiger partial charge is 0.455 e. The molecule has 178 valence electrons. The van der Waals surface area contributed by atoms with Crippen molar-refractivity contribution >= 4 is 32.8 Å². The number of nitrogens with zero attached hydrogens (tertiary/aromatic N) is 2. The van der Waals surface area contributed by atoms with Gasteiger partial charge in [0, 0.05) is 50.0 Å². The standard InChI is InChI=1S/C33H30N2O/c1-19-10-12-23-24-8-7-9-25(32(24)36-30(23)14-19)29-17-27(21(3)18-34-29)26-16-22-11-13-31(33(4,5)6)35-28(22)15-20(26)2/h7-18H,1-6H3/i1D2,2D3,3D3. The number of hydrogen-bond acceptors (Lipinski definition) is 3. The summed E-state index contributed by atoms with van der Waals surface area (Å²) in [4.78, 5) is 9.28. The molecule has 3 heterocycles. The molecule has 0 atom stereocenters. The van der Waals surface area contributed by atoms with Crippen molar-refractivity contribution in [3.05, 3.63) is 95.3 Å². The second-order valence-electron chi connectivity index (χ2n) is 10.2. The quantitative estimate of drug-likeness (QED) is 0.249. The SMILES string of the molecule is [2H]C([2H])c1ccc2c(c1)oc1c(-c3cc(-c4cc5ccc(C(C)(C)C)nc5cc4C([2H])([2H])[2H])c(C([2H])([2H])[2H])cn3)cccc12. The molecule has 0 spiro atoms. The van der Waals surface area contributed by atoms with Crippen LogP contribution in [0.5, 0.6) is 0 Å². The summed E-state index contributed by atoms with van der Waals surface area (Å²) >= 11 is 0. The van der Waals surface area contributed by atoms with Gasteiger partial charge in [-0.2, -0.15) is 0 Å². The van der Waals surface area contributed by atoms with Crippen molar-refractivity contribution in [2.24, 2.45) is 0 Å². The lowest BCUT2D eigenvalue weighted by Gasteiger charge is -2.19. The number of hydrogen-bond donors (Lipinski definition) is 0. The van der Waals surface area contributed by atoms with Crippen LogP contribution in [-0.2, 0) is 5.41 Å². The van der Waals surface area contributed by atoms with E-state index in [2.05, 4.69) is 4.98 Å². The first-order valence-corrected chi connectivity index (χ1v) is 11.8. The van der Waals surface area contributed by atoms with Crippen LogP contribution in [0.2, 0.25) is 0 Å². The Hall–Kier alpha value is -3.98. The van der Waals surface area contributed by atoms with E-state index in [0.29, 0.717) is 38.9 Å². The van der Waals surface area contributed by atoms with Crippen molar-refractivity contribution in [1.82, 2.24) is 9.97 Å². The number of aryl methyl sites for hydroxylation is 3. The summed E-state index contributed by atoms with van der Waals surface area (Å²) in [6, 6.07) is 19.4. The summed E-state index contributed by atoms with van der Waals surface area (Å²) in [5, 5.41) is 2.30. The first-order valence-electron chi connectivity index (χ1n) is 15.9. The average Bonchev–Trinajstić information content (AvgIpc) is 3.32. The molecule has 0 unspecified atom stereocenters. The maximum absolute atomic E-state index is 8.38. The van der Waals surface area contributed by atoms with Gasteiger partial charge in [0.25, 0.3) is 0 Å². The fourth-order valence-corrected chi connectivity index (χ4v) is 4.65. The second-order valence-corrected chi connectivity index (χ2v) is 10.2. The minimum absolute atomic E-state index is 0.000951. The molecular weight excluding hydrogens is 440 g/mol. The Kier molecular flexibility index (Phi) is 3.39. The van der Waals surface area contributed by atoms with E-state index < -0.39 is 20.6 Å². The Bertz CT molecular complexity index is 2070. The van der Waals surface area contributed by atoms with Crippen molar-refractivity contribution in [2.45, 2.75) is 46.8 Å². The van der Waals surface area contributed by atoms with E-state index >= 15 is 0 Å². The van der Waals surface area contributed by atoms with E-state index in [1.54, 1.807) is 30.3 Å². The number of rotatable bonds is 2. The van der Waals surface area contributed by atoms with Crippen LogP contribution >= 0.6 is 0 Å². The molecule has 6 rings (SSSR count). The third-order valence-corrected chi connectivity index (χ3v) is 6.59. The molecule has 3 heteroatoms. The molecule has 0 saturated carbocycles. The zero-order valence-electron chi connectivity index (χ0n) is 28.3. The lowest BCUT2D eigenvalue weighted by atomic mass is 9.90. The highest BCUT2D eigenvalue weighted by molar-refractivity contribution is 6.09. The molecule has 0 saturated heterocycles. The number of furan rings is 1. The monoisotopic (exact) mass is 478 g/mol. The van der Waals surface area contributed by atoms with Crippen molar-refractivity contribution in [3.8, 4) is 22.4 Å². The van der Waals surface area contributed by atoms with Gasteiger partial charge in [0.1, 0.15) is 11.2 Å². The summed E-state index contributed by atoms with van der Waals surface area (Å²) in [5.74, 6) is 0. The normalized spacial score (nSPS) is 16.2. The summed E-state index contributed by atoms with van der Waals surface area (Å²) < 4.78 is 71.7. The van der Waals surface area contributed by atoms with Crippen molar-refractivity contribution < 1.29 is 15.4 Å². The van der Waals surface area contributed by atoms with Crippen molar-refractivity contribution in [2.75, 3.05) is 0 Å². The van der Waals surface area contributed by atoms with Gasteiger partial charge in [0.15, 0.2) is 0 Å². The average molecular weight is 479 g/mol. The van der Waals surface area contributed by atoms with Gasteiger partial charge in [-0.25, -0.2) is 0 Å². The number of aromatic nitrogens is 2. The molecule has 3 aromatic carbocycles. The molecule has 0 aliphatic carbocycles. The van der Waals surface area contributed by atoms with Crippen molar-refractivity contribution in [1.29, 1.82) is 0 Å². The minimum Gasteiger partial charge on any atom is -0.455 e. The van der Waals surface area contributed by atoms with Crippen LogP contribution in [0.25, 0.3) is 55.2 Å². The Morgan fingerprint density at radius 1 is 0.806 bits per heavy atom. The van der Waals surface area contributed by atoms with Gasteiger partial charge in [-0.05, 0) is 84.8 Å². The lowest BCUT2D eigenvalue weighted by Crippen LogP contribution is -2.13. The van der Waals surface area contributed by atoms with Crippen LogP contribution in [-0.4, -0.2) is 9.97 Å². The summed E-state index contributed by atoms with van der Waals surface area (Å²) in [7, 11) is 0. The predicted octanol–water partition coefficient (Wildman–Crippen LogP) is 9.09. The zero-order chi connectivity index (χ0) is 31.8. The van der Waals surface area contributed by atoms with Crippen LogP contribution < -0.4 is 0 Å². The van der Waals surface area contributed by atoms with E-state index in [-0.39, 0.29) is 27.7 Å². The first kappa shape index (κ1) is 15.2. The van der Waals surface area contributed by atoms with Gasteiger partial charge in [-0.15, -0.1) is 0 Å². The highest BCUT2D eigenvalue weighted by Crippen LogP contribution is 2.38. The van der Waals surface area contributed by atoms with Gasteiger partial charge >= 0.3 is 0 Å². The van der Waals surface area contributed by atoms with Crippen molar-refractivity contribution in [3.63, 3.8) is 0 Å². The van der Waals surface area contributed by atoms with Gasteiger partial charge in [0.05, 0.1) is 11.2 Å². The first-order chi connectivity index (χ1) is 20.5. The maximum atomic E-state index is 8.38. The van der Waals surface area contributed by atoms with Crippen LogP contribution in [0.4, 0.5) is 0 Å². The Morgan fingerprint density at radius 3 is 2.47 bits per heavy atom. The Morgan fingerprint density at radius 2 is 1.67 bits per heavy atom. The lowest BCUT2D eigenvalue weighted by molar-refractivity contribution is 0.571. The van der Waals surface area contributed by atoms with Gasteiger partial charge in [0.2, 0.25) is 0 Å². The van der Waals surface area contributed by atoms with Crippen LogP contribution in [0.3, 0.4) is 0 Å². The smallest absolute Gasteiger partial charge is 0.144 e.